The number of aryl methyl sites for hydroxylation is 1. The van der Waals surface area contributed by atoms with Crippen molar-refractivity contribution in [3.8, 4) is 0 Å². The van der Waals surface area contributed by atoms with Gasteiger partial charge in [0.25, 0.3) is 10.0 Å². The molecule has 0 saturated carbocycles. The molecule has 0 heterocycles. The van der Waals surface area contributed by atoms with Crippen molar-refractivity contribution in [1.29, 1.82) is 0 Å². The van der Waals surface area contributed by atoms with E-state index in [1.54, 1.807) is 49.4 Å². The zero-order valence-electron chi connectivity index (χ0n) is 21.1. The molecule has 3 rings (SSSR count). The van der Waals surface area contributed by atoms with Gasteiger partial charge in [0.1, 0.15) is 18.4 Å². The van der Waals surface area contributed by atoms with Crippen molar-refractivity contribution in [3.05, 3.63) is 93.7 Å². The molecule has 1 unspecified atom stereocenters. The summed E-state index contributed by atoms with van der Waals surface area (Å²) in [5.74, 6) is -1.60. The zero-order valence-corrected chi connectivity index (χ0v) is 23.4. The molecule has 0 aliphatic heterocycles. The quantitative estimate of drug-likeness (QED) is 0.358. The van der Waals surface area contributed by atoms with Crippen molar-refractivity contribution in [2.75, 3.05) is 17.9 Å². The third kappa shape index (κ3) is 6.83. The first-order chi connectivity index (χ1) is 18.0. The molecule has 7 nitrogen and oxygen atoms in total. The van der Waals surface area contributed by atoms with E-state index in [-0.39, 0.29) is 28.6 Å². The highest BCUT2D eigenvalue weighted by Gasteiger charge is 2.33. The Labute approximate surface area is 232 Å². The minimum absolute atomic E-state index is 0.0139. The molecule has 11 heteroatoms. The van der Waals surface area contributed by atoms with Crippen LogP contribution in [0.5, 0.6) is 0 Å². The Morgan fingerprint density at radius 2 is 1.61 bits per heavy atom. The summed E-state index contributed by atoms with van der Waals surface area (Å²) in [6, 6.07) is 15.0. The van der Waals surface area contributed by atoms with E-state index >= 15 is 0 Å². The largest absolute Gasteiger partial charge is 0.357 e. The number of carbonyl (C=O) groups excluding carboxylic acids is 2. The molecule has 0 bridgehead atoms. The maximum Gasteiger partial charge on any atom is 0.264 e. The monoisotopic (exact) mass is 579 g/mol. The number of amides is 2. The van der Waals surface area contributed by atoms with Crippen LogP contribution >= 0.6 is 23.2 Å². The molecule has 38 heavy (non-hydrogen) atoms. The van der Waals surface area contributed by atoms with Gasteiger partial charge in [0.05, 0.1) is 20.6 Å². The number of anilines is 1. The van der Waals surface area contributed by atoms with Crippen LogP contribution in [0.4, 0.5) is 10.1 Å². The van der Waals surface area contributed by atoms with Gasteiger partial charge in [0, 0.05) is 13.6 Å². The first-order valence-electron chi connectivity index (χ1n) is 11.8. The highest BCUT2D eigenvalue weighted by Crippen LogP contribution is 2.27. The Morgan fingerprint density at radius 1 is 0.974 bits per heavy atom. The summed E-state index contributed by atoms with van der Waals surface area (Å²) < 4.78 is 41.8. The van der Waals surface area contributed by atoms with Gasteiger partial charge in [-0.05, 0) is 67.4 Å². The second kappa shape index (κ2) is 12.6. The predicted molar refractivity (Wildman–Crippen MR) is 147 cm³/mol. The van der Waals surface area contributed by atoms with Gasteiger partial charge >= 0.3 is 0 Å². The SMILES string of the molecule is CCC(C(=O)NC)N(Cc1ccc(Cl)c(Cl)c1)C(=O)CN(c1ccc(C)cc1)S(=O)(=O)c1ccc(F)cc1. The molecular weight excluding hydrogens is 552 g/mol. The van der Waals surface area contributed by atoms with Crippen LogP contribution in [0.25, 0.3) is 0 Å². The van der Waals surface area contributed by atoms with E-state index in [1.165, 1.54) is 11.9 Å². The Bertz CT molecular complexity index is 1400. The highest BCUT2D eigenvalue weighted by molar-refractivity contribution is 7.92. The molecule has 202 valence electrons. The van der Waals surface area contributed by atoms with E-state index in [1.807, 2.05) is 6.92 Å². The molecule has 2 amide bonds. The lowest BCUT2D eigenvalue weighted by Gasteiger charge is -2.33. The molecule has 0 aromatic heterocycles. The van der Waals surface area contributed by atoms with Crippen molar-refractivity contribution < 1.29 is 22.4 Å². The maximum atomic E-state index is 13.8. The van der Waals surface area contributed by atoms with Gasteiger partial charge in [-0.3, -0.25) is 13.9 Å². The molecule has 1 N–H and O–H groups in total. The molecule has 0 aliphatic carbocycles. The lowest BCUT2D eigenvalue weighted by Crippen LogP contribution is -2.51. The summed E-state index contributed by atoms with van der Waals surface area (Å²) in [5.41, 5.74) is 1.75. The van der Waals surface area contributed by atoms with Crippen LogP contribution in [0.3, 0.4) is 0 Å². The number of rotatable bonds is 10. The molecule has 0 spiro atoms. The number of benzene rings is 3. The first kappa shape index (κ1) is 29.4. The molecule has 0 radical (unpaired) electrons. The van der Waals surface area contributed by atoms with Crippen LogP contribution in [0, 0.1) is 12.7 Å². The summed E-state index contributed by atoms with van der Waals surface area (Å²) in [7, 11) is -2.81. The summed E-state index contributed by atoms with van der Waals surface area (Å²) in [6.07, 6.45) is 0.280. The summed E-state index contributed by atoms with van der Waals surface area (Å²) in [4.78, 5) is 27.7. The lowest BCUT2D eigenvalue weighted by molar-refractivity contribution is -0.140. The van der Waals surface area contributed by atoms with Gasteiger partial charge in [-0.2, -0.15) is 0 Å². The lowest BCUT2D eigenvalue weighted by atomic mass is 10.1. The minimum Gasteiger partial charge on any atom is -0.357 e. The Kier molecular flexibility index (Phi) is 9.76. The van der Waals surface area contributed by atoms with Crippen molar-refractivity contribution in [2.45, 2.75) is 37.8 Å². The van der Waals surface area contributed by atoms with Crippen molar-refractivity contribution in [2.24, 2.45) is 0 Å². The van der Waals surface area contributed by atoms with Gasteiger partial charge < -0.3 is 10.2 Å². The van der Waals surface area contributed by atoms with E-state index in [0.717, 1.165) is 34.1 Å². The van der Waals surface area contributed by atoms with E-state index in [0.29, 0.717) is 10.6 Å². The normalized spacial score (nSPS) is 12.1. The number of sulfonamides is 1. The number of halogens is 3. The van der Waals surface area contributed by atoms with Crippen LogP contribution in [0.1, 0.15) is 24.5 Å². The minimum atomic E-state index is -4.28. The third-order valence-corrected chi connectivity index (χ3v) is 8.50. The average Bonchev–Trinajstić information content (AvgIpc) is 2.89. The summed E-state index contributed by atoms with van der Waals surface area (Å²) >= 11 is 12.2. The molecule has 3 aromatic carbocycles. The first-order valence-corrected chi connectivity index (χ1v) is 14.0. The smallest absolute Gasteiger partial charge is 0.264 e. The fourth-order valence-corrected chi connectivity index (χ4v) is 5.63. The summed E-state index contributed by atoms with van der Waals surface area (Å²) in [5, 5.41) is 3.18. The van der Waals surface area contributed by atoms with Crippen molar-refractivity contribution >= 4 is 50.7 Å². The average molecular weight is 581 g/mol. The Hall–Kier alpha value is -3.14. The van der Waals surface area contributed by atoms with E-state index < -0.39 is 40.2 Å². The number of hydrogen-bond donors (Lipinski definition) is 1. The second-order valence-corrected chi connectivity index (χ2v) is 11.3. The van der Waals surface area contributed by atoms with Crippen LogP contribution in [-0.2, 0) is 26.2 Å². The zero-order chi connectivity index (χ0) is 28.0. The second-order valence-electron chi connectivity index (χ2n) is 8.61. The number of likely N-dealkylation sites (N-methyl/N-ethyl adjacent to an activating group) is 1. The van der Waals surface area contributed by atoms with Gasteiger partial charge in [-0.25, -0.2) is 12.8 Å². The number of nitrogens with one attached hydrogen (secondary N) is 1. The fraction of sp³-hybridized carbons (Fsp3) is 0.259. The topological polar surface area (TPSA) is 86.8 Å². The summed E-state index contributed by atoms with van der Waals surface area (Å²) in [6.45, 7) is 2.99. The predicted octanol–water partition coefficient (Wildman–Crippen LogP) is 5.19. The molecular formula is C27H28Cl2FN3O4S. The van der Waals surface area contributed by atoms with Crippen LogP contribution < -0.4 is 9.62 Å². The van der Waals surface area contributed by atoms with Gasteiger partial charge in [-0.1, -0.05) is 53.9 Å². The van der Waals surface area contributed by atoms with E-state index in [4.69, 9.17) is 23.2 Å². The van der Waals surface area contributed by atoms with Crippen LogP contribution in [0.15, 0.2) is 71.6 Å². The molecule has 3 aromatic rings. The Morgan fingerprint density at radius 3 is 2.16 bits per heavy atom. The van der Waals surface area contributed by atoms with Gasteiger partial charge in [0.15, 0.2) is 0 Å². The highest BCUT2D eigenvalue weighted by atomic mass is 35.5. The molecule has 1 atom stereocenters. The van der Waals surface area contributed by atoms with Crippen LogP contribution in [0.2, 0.25) is 10.0 Å². The van der Waals surface area contributed by atoms with Crippen molar-refractivity contribution in [3.63, 3.8) is 0 Å². The van der Waals surface area contributed by atoms with E-state index in [9.17, 15) is 22.4 Å². The van der Waals surface area contributed by atoms with E-state index in [2.05, 4.69) is 5.32 Å². The molecule has 0 saturated heterocycles. The molecule has 0 aliphatic rings. The third-order valence-electron chi connectivity index (χ3n) is 5.97. The number of hydrogen-bond acceptors (Lipinski definition) is 4. The van der Waals surface area contributed by atoms with Gasteiger partial charge in [-0.15, -0.1) is 0 Å². The number of nitrogens with zero attached hydrogens (tertiary/aromatic N) is 2. The van der Waals surface area contributed by atoms with Crippen molar-refractivity contribution in [1.82, 2.24) is 10.2 Å². The molecule has 0 fully saturated rings. The Balaban J connectivity index is 2.06. The maximum absolute atomic E-state index is 13.8. The standard InChI is InChI=1S/C27H28Cl2FN3O4S/c1-4-25(27(35)31-3)32(16-19-7-14-23(28)24(29)15-19)26(34)17-33(21-10-5-18(2)6-11-21)38(36,37)22-12-8-20(30)9-13-22/h5-15,25H,4,16-17H2,1-3H3,(H,31,35). The van der Waals surface area contributed by atoms with Gasteiger partial charge in [0.2, 0.25) is 11.8 Å². The number of carbonyl (C=O) groups is 2. The fourth-order valence-electron chi connectivity index (χ4n) is 3.89. The van der Waals surface area contributed by atoms with Crippen LogP contribution in [-0.4, -0.2) is 44.8 Å².